The standard InChI is InChI=1S/C18H15NP.C3H8Si.C3H6Si.Al/c19-17-13-7-8-14-18(17)20(15-9-3-1-4-10-15)16-11-5-2-6-12-16;1-4(2)3;1-3(2)4;/h1-14,19H;1H2,2-3H3;1-2H3;/q-1;;;+1/p+1. The number of anilines is 1. The molecular weight excluding hydrogens is 416 g/mol. The van der Waals surface area contributed by atoms with E-state index in [4.69, 9.17) is 0 Å². The van der Waals surface area contributed by atoms with E-state index in [9.17, 15) is 0 Å². The Morgan fingerprint density at radius 1 is 0.828 bits per heavy atom. The predicted molar refractivity (Wildman–Crippen MR) is 138 cm³/mol. The van der Waals surface area contributed by atoms with Crippen LogP contribution in [0.5, 0.6) is 0 Å². The number of benzene rings is 3. The molecule has 0 aliphatic heterocycles. The van der Waals surface area contributed by atoms with Gasteiger partial charge in [0.2, 0.25) is 0 Å². The molecule has 0 aliphatic rings. The Bertz CT molecular complexity index is 858. The zero-order valence-corrected chi connectivity index (χ0v) is 22.0. The van der Waals surface area contributed by atoms with Crippen LogP contribution in [-0.4, -0.2) is 33.4 Å². The van der Waals surface area contributed by atoms with Gasteiger partial charge in [-0.3, -0.25) is 0 Å². The van der Waals surface area contributed by atoms with Gasteiger partial charge in [0.25, 0.3) is 0 Å². The van der Waals surface area contributed by atoms with Crippen molar-refractivity contribution in [2.45, 2.75) is 35.7 Å². The Morgan fingerprint density at radius 3 is 1.79 bits per heavy atom. The molecule has 0 amide bonds. The average molecular weight is 447 g/mol. The first-order chi connectivity index (χ1) is 13.9. The normalized spacial score (nSPS) is 11.7. The maximum atomic E-state index is 4.08. The summed E-state index contributed by atoms with van der Waals surface area (Å²) >= 11 is -1.24. The number of hydrogen-bond acceptors (Lipinski definition) is 1. The molecule has 5 heteroatoms. The van der Waals surface area contributed by atoms with Gasteiger partial charge in [-0.25, -0.2) is 0 Å². The molecular formula is C24H30AlNPSi2+. The largest absolute Gasteiger partial charge is 0.473 e. The second-order valence-electron chi connectivity index (χ2n) is 8.48. The van der Waals surface area contributed by atoms with E-state index in [2.05, 4.69) is 126 Å². The lowest BCUT2D eigenvalue weighted by molar-refractivity contribution is 0.933. The van der Waals surface area contributed by atoms with Gasteiger partial charge in [0, 0.05) is 19.0 Å². The Kier molecular flexibility index (Phi) is 7.97. The van der Waals surface area contributed by atoms with E-state index in [0.29, 0.717) is 0 Å². The van der Waals surface area contributed by atoms with Crippen LogP contribution in [0.25, 0.3) is 0 Å². The van der Waals surface area contributed by atoms with Crippen molar-refractivity contribution in [3.63, 3.8) is 0 Å². The van der Waals surface area contributed by atoms with Gasteiger partial charge < -0.3 is 4.30 Å². The van der Waals surface area contributed by atoms with Gasteiger partial charge in [0.1, 0.15) is 23.8 Å². The molecule has 4 radical (unpaired) electrons. The van der Waals surface area contributed by atoms with Crippen LogP contribution < -0.4 is 20.2 Å². The third kappa shape index (κ3) is 6.17. The van der Waals surface area contributed by atoms with Crippen molar-refractivity contribution in [3.8, 4) is 0 Å². The van der Waals surface area contributed by atoms with Crippen molar-refractivity contribution in [1.82, 2.24) is 0 Å². The lowest BCUT2D eigenvalue weighted by Gasteiger charge is -2.29. The highest BCUT2D eigenvalue weighted by Gasteiger charge is 2.36. The number of hydrogen-bond donors (Lipinski definition) is 1. The van der Waals surface area contributed by atoms with Gasteiger partial charge in [0.05, 0.1) is 5.69 Å². The third-order valence-corrected chi connectivity index (χ3v) is 16.3. The minimum Gasteiger partial charge on any atom is -0.473 e. The van der Waals surface area contributed by atoms with Crippen LogP contribution in [0.1, 0.15) is 13.8 Å². The third-order valence-electron chi connectivity index (χ3n) is 5.13. The Hall–Kier alpha value is -1.14. The molecule has 0 fully saturated rings. The minimum atomic E-state index is -1.24. The number of nitrogens with one attached hydrogen (secondary N) is 1. The summed E-state index contributed by atoms with van der Waals surface area (Å²) in [6.45, 7) is 9.53. The summed E-state index contributed by atoms with van der Waals surface area (Å²) in [5, 5.41) is 4.33. The summed E-state index contributed by atoms with van der Waals surface area (Å²) in [6, 6.07) is 31.1. The Balaban J connectivity index is 2.07. The second kappa shape index (κ2) is 10.2. The van der Waals surface area contributed by atoms with Crippen LogP contribution in [-0.2, 0) is 0 Å². The second-order valence-corrected chi connectivity index (χ2v) is 19.7. The molecule has 0 atom stereocenters. The average Bonchev–Trinajstić information content (AvgIpc) is 2.69. The van der Waals surface area contributed by atoms with Gasteiger partial charge in [-0.05, 0) is 36.4 Å². The molecule has 1 nitrogen and oxygen atoms in total. The van der Waals surface area contributed by atoms with E-state index in [1.165, 1.54) is 26.5 Å². The fourth-order valence-electron chi connectivity index (χ4n) is 3.60. The molecule has 3 rings (SSSR count). The molecule has 29 heavy (non-hydrogen) atoms. The quantitative estimate of drug-likeness (QED) is 0.388. The lowest BCUT2D eigenvalue weighted by atomic mass is 10.3. The first-order valence-corrected chi connectivity index (χ1v) is 16.9. The van der Waals surface area contributed by atoms with Crippen molar-refractivity contribution in [1.29, 1.82) is 0 Å². The van der Waals surface area contributed by atoms with E-state index in [0.717, 1.165) is 0 Å². The van der Waals surface area contributed by atoms with Gasteiger partial charge >= 0.3 is 14.4 Å². The van der Waals surface area contributed by atoms with Gasteiger partial charge in [-0.15, -0.1) is 0 Å². The van der Waals surface area contributed by atoms with Crippen molar-refractivity contribution >= 4 is 62.9 Å². The highest BCUT2D eigenvalue weighted by molar-refractivity contribution is 7.80. The van der Waals surface area contributed by atoms with E-state index >= 15 is 0 Å². The van der Waals surface area contributed by atoms with E-state index in [1.807, 2.05) is 0 Å². The summed E-state index contributed by atoms with van der Waals surface area (Å²) in [5.41, 5.74) is 1.33. The summed E-state index contributed by atoms with van der Waals surface area (Å²) < 4.78 is 4.25. The summed E-state index contributed by atoms with van der Waals surface area (Å²) in [5.74, 6) is 0. The van der Waals surface area contributed by atoms with Crippen LogP contribution in [0.3, 0.4) is 0 Å². The first kappa shape index (κ1) is 22.5. The molecule has 3 aromatic carbocycles. The molecule has 0 unspecified atom stereocenters. The monoisotopic (exact) mass is 446 g/mol. The molecule has 0 aliphatic carbocycles. The van der Waals surface area contributed by atoms with Crippen LogP contribution in [0, 0.1) is 0 Å². The lowest BCUT2D eigenvalue weighted by Crippen LogP contribution is -2.41. The predicted octanol–water partition coefficient (Wildman–Crippen LogP) is 4.78. The van der Waals surface area contributed by atoms with E-state index < -0.39 is 22.3 Å². The summed E-state index contributed by atoms with van der Waals surface area (Å²) in [7, 11) is 2.70. The van der Waals surface area contributed by atoms with Crippen molar-refractivity contribution < 1.29 is 0 Å². The van der Waals surface area contributed by atoms with Crippen LogP contribution in [0.2, 0.25) is 21.9 Å². The Morgan fingerprint density at radius 2 is 1.31 bits per heavy atom. The Labute approximate surface area is 187 Å². The fraction of sp³-hybridized carbons (Fsp3) is 0.250. The highest BCUT2D eigenvalue weighted by atomic mass is 31.1. The molecule has 0 bridgehead atoms. The van der Waals surface area contributed by atoms with E-state index in [1.54, 1.807) is 0 Å². The smallest absolute Gasteiger partial charge is 0.411 e. The zero-order valence-electron chi connectivity index (χ0n) is 17.9. The zero-order chi connectivity index (χ0) is 20.9. The van der Waals surface area contributed by atoms with Crippen LogP contribution in [0.4, 0.5) is 5.69 Å². The van der Waals surface area contributed by atoms with Crippen molar-refractivity contribution in [3.05, 3.63) is 84.9 Å². The first-order valence-electron chi connectivity index (χ1n) is 10.2. The summed E-state index contributed by atoms with van der Waals surface area (Å²) in [6.07, 6.45) is 0. The number of para-hydroxylation sites is 1. The van der Waals surface area contributed by atoms with Gasteiger partial charge in [-0.2, -0.15) is 0 Å². The SMILES string of the molecule is C[Si](C)[CH2][Al]([NH]c1ccccc1[PH+](c1ccccc1)c1ccccc1)[C](C)(C)[Si]. The molecule has 146 valence electrons. The van der Waals surface area contributed by atoms with Gasteiger partial charge in [0.15, 0.2) is 0 Å². The van der Waals surface area contributed by atoms with Crippen molar-refractivity contribution in [2.24, 2.45) is 0 Å². The topological polar surface area (TPSA) is 12.0 Å². The maximum absolute atomic E-state index is 4.08. The molecule has 0 saturated heterocycles. The molecule has 0 saturated carbocycles. The molecule has 3 aromatic rings. The summed E-state index contributed by atoms with van der Waals surface area (Å²) in [4.78, 5) is 1.36. The van der Waals surface area contributed by atoms with Crippen LogP contribution in [0.15, 0.2) is 84.9 Å². The van der Waals surface area contributed by atoms with Crippen LogP contribution >= 0.6 is 7.92 Å². The fourth-order valence-corrected chi connectivity index (χ4v) is 14.3. The maximum Gasteiger partial charge on any atom is 0.411 e. The van der Waals surface area contributed by atoms with E-state index in [-0.39, 0.29) is 12.7 Å². The molecule has 1 N–H and O–H groups in total. The molecule has 0 heterocycles. The molecule has 0 spiro atoms. The highest BCUT2D eigenvalue weighted by Crippen LogP contribution is 2.37. The van der Waals surface area contributed by atoms with Gasteiger partial charge in [-0.1, -0.05) is 84.3 Å². The number of rotatable bonds is 8. The molecule has 0 aromatic heterocycles. The minimum absolute atomic E-state index is 0.168. The van der Waals surface area contributed by atoms with Crippen molar-refractivity contribution in [2.75, 3.05) is 4.30 Å².